The minimum Gasteiger partial charge on any atom is -0.406 e. The quantitative estimate of drug-likeness (QED) is 0.721. The number of ether oxygens (including phenoxy) is 1. The first kappa shape index (κ1) is 14.2. The molecule has 0 fully saturated rings. The number of benzene rings is 2. The lowest BCUT2D eigenvalue weighted by molar-refractivity contribution is -0.274. The summed E-state index contributed by atoms with van der Waals surface area (Å²) in [7, 11) is 0. The molecule has 0 unspecified atom stereocenters. The lowest BCUT2D eigenvalue weighted by atomic mass is 10.0. The van der Waals surface area contributed by atoms with Gasteiger partial charge in [-0.25, -0.2) is 0 Å². The normalized spacial score (nSPS) is 11.6. The van der Waals surface area contributed by atoms with Crippen LogP contribution in [0.2, 0.25) is 0 Å². The zero-order valence-electron chi connectivity index (χ0n) is 11.1. The van der Waals surface area contributed by atoms with Gasteiger partial charge >= 0.3 is 6.36 Å². The Morgan fingerprint density at radius 3 is 2.55 bits per heavy atom. The van der Waals surface area contributed by atoms with Crippen molar-refractivity contribution in [1.82, 2.24) is 4.98 Å². The van der Waals surface area contributed by atoms with Gasteiger partial charge in [0.25, 0.3) is 0 Å². The van der Waals surface area contributed by atoms with Crippen molar-refractivity contribution in [3.8, 4) is 16.9 Å². The van der Waals surface area contributed by atoms with Crippen molar-refractivity contribution in [2.45, 2.75) is 6.36 Å². The van der Waals surface area contributed by atoms with Crippen molar-refractivity contribution in [2.24, 2.45) is 0 Å². The summed E-state index contributed by atoms with van der Waals surface area (Å²) in [4.78, 5) is 13.9. The highest BCUT2D eigenvalue weighted by molar-refractivity contribution is 5.99. The number of rotatable bonds is 3. The molecule has 3 rings (SSSR count). The van der Waals surface area contributed by atoms with Gasteiger partial charge < -0.3 is 9.72 Å². The molecule has 0 radical (unpaired) electrons. The first-order valence-corrected chi connectivity index (χ1v) is 6.39. The van der Waals surface area contributed by atoms with Crippen molar-refractivity contribution in [3.05, 3.63) is 54.2 Å². The van der Waals surface area contributed by atoms with Crippen LogP contribution in [0.3, 0.4) is 0 Å². The van der Waals surface area contributed by atoms with Crippen LogP contribution in [0.15, 0.2) is 48.7 Å². The molecule has 3 aromatic rings. The van der Waals surface area contributed by atoms with Crippen LogP contribution in [-0.2, 0) is 0 Å². The Kier molecular flexibility index (Phi) is 3.36. The van der Waals surface area contributed by atoms with Crippen LogP contribution in [-0.4, -0.2) is 17.6 Å². The van der Waals surface area contributed by atoms with Crippen molar-refractivity contribution in [2.75, 3.05) is 0 Å². The minimum atomic E-state index is -4.73. The minimum absolute atomic E-state index is 0.283. The van der Waals surface area contributed by atoms with E-state index in [-0.39, 0.29) is 5.75 Å². The zero-order valence-corrected chi connectivity index (χ0v) is 11.1. The molecule has 0 saturated carbocycles. The number of hydrogen-bond acceptors (Lipinski definition) is 2. The Balaban J connectivity index is 2.03. The lowest BCUT2D eigenvalue weighted by Gasteiger charge is -2.10. The third-order valence-corrected chi connectivity index (χ3v) is 3.24. The molecule has 22 heavy (non-hydrogen) atoms. The van der Waals surface area contributed by atoms with E-state index in [4.69, 9.17) is 0 Å². The van der Waals surface area contributed by atoms with E-state index in [0.29, 0.717) is 16.7 Å². The third kappa shape index (κ3) is 2.81. The highest BCUT2D eigenvalue weighted by Crippen LogP contribution is 2.30. The number of nitrogens with one attached hydrogen (secondary N) is 1. The predicted molar refractivity (Wildman–Crippen MR) is 75.8 cm³/mol. The summed E-state index contributed by atoms with van der Waals surface area (Å²) < 4.78 is 40.7. The molecule has 1 heterocycles. The summed E-state index contributed by atoms with van der Waals surface area (Å²) in [5, 5.41) is 0.717. The van der Waals surface area contributed by atoms with Gasteiger partial charge in [-0.05, 0) is 35.4 Å². The Morgan fingerprint density at radius 2 is 1.82 bits per heavy atom. The van der Waals surface area contributed by atoms with Crippen molar-refractivity contribution < 1.29 is 22.7 Å². The van der Waals surface area contributed by atoms with Crippen LogP contribution in [0.25, 0.3) is 22.0 Å². The maximum absolute atomic E-state index is 12.3. The monoisotopic (exact) mass is 305 g/mol. The maximum Gasteiger partial charge on any atom is 0.573 e. The molecule has 2 aromatic carbocycles. The number of halogens is 3. The Labute approximate surface area is 123 Å². The van der Waals surface area contributed by atoms with Gasteiger partial charge in [0.1, 0.15) is 5.75 Å². The number of aromatic amines is 1. The molecule has 1 aromatic heterocycles. The van der Waals surface area contributed by atoms with Gasteiger partial charge in [0, 0.05) is 22.7 Å². The summed E-state index contributed by atoms with van der Waals surface area (Å²) in [5.74, 6) is -0.283. The maximum atomic E-state index is 12.3. The summed E-state index contributed by atoms with van der Waals surface area (Å²) in [6, 6.07) is 11.0. The van der Waals surface area contributed by atoms with Gasteiger partial charge in [-0.15, -0.1) is 13.2 Å². The number of fused-ring (bicyclic) bond motifs is 1. The van der Waals surface area contributed by atoms with E-state index in [2.05, 4.69) is 9.72 Å². The second-order valence-electron chi connectivity index (χ2n) is 4.70. The molecule has 0 saturated heterocycles. The van der Waals surface area contributed by atoms with Crippen LogP contribution in [0.5, 0.6) is 5.75 Å². The second kappa shape index (κ2) is 5.22. The third-order valence-electron chi connectivity index (χ3n) is 3.24. The van der Waals surface area contributed by atoms with E-state index >= 15 is 0 Å². The fourth-order valence-corrected chi connectivity index (χ4v) is 2.29. The second-order valence-corrected chi connectivity index (χ2v) is 4.70. The molecule has 0 atom stereocenters. The Bertz CT molecular complexity index is 837. The number of carbonyl (C=O) groups excluding carboxylic acids is 1. The molecular formula is C16H10F3NO2. The number of aromatic nitrogens is 1. The number of aldehydes is 1. The van der Waals surface area contributed by atoms with Crippen LogP contribution in [0, 0.1) is 0 Å². The van der Waals surface area contributed by atoms with Crippen molar-refractivity contribution in [3.63, 3.8) is 0 Å². The van der Waals surface area contributed by atoms with Gasteiger partial charge in [-0.1, -0.05) is 18.2 Å². The molecular weight excluding hydrogens is 295 g/mol. The van der Waals surface area contributed by atoms with Crippen LogP contribution in [0.4, 0.5) is 13.2 Å². The van der Waals surface area contributed by atoms with Crippen molar-refractivity contribution >= 4 is 17.2 Å². The summed E-state index contributed by atoms with van der Waals surface area (Å²) in [6.45, 7) is 0. The smallest absolute Gasteiger partial charge is 0.406 e. The van der Waals surface area contributed by atoms with E-state index in [1.165, 1.54) is 18.2 Å². The van der Waals surface area contributed by atoms with Crippen LogP contribution >= 0.6 is 0 Å². The largest absolute Gasteiger partial charge is 0.573 e. The van der Waals surface area contributed by atoms with E-state index < -0.39 is 6.36 Å². The van der Waals surface area contributed by atoms with Crippen LogP contribution < -0.4 is 4.74 Å². The Hall–Kier alpha value is -2.76. The number of carbonyl (C=O) groups is 1. The Morgan fingerprint density at radius 1 is 1.05 bits per heavy atom. The molecule has 1 N–H and O–H groups in total. The van der Waals surface area contributed by atoms with E-state index in [0.717, 1.165) is 17.2 Å². The fraction of sp³-hybridized carbons (Fsp3) is 0.0625. The molecule has 0 aliphatic rings. The van der Waals surface area contributed by atoms with Gasteiger partial charge in [-0.3, -0.25) is 4.79 Å². The van der Waals surface area contributed by atoms with Crippen molar-refractivity contribution in [1.29, 1.82) is 0 Å². The molecule has 3 nitrogen and oxygen atoms in total. The van der Waals surface area contributed by atoms with Gasteiger partial charge in [0.2, 0.25) is 0 Å². The summed E-state index contributed by atoms with van der Waals surface area (Å²) in [5.41, 5.74) is 2.55. The fourth-order valence-electron chi connectivity index (χ4n) is 2.29. The van der Waals surface area contributed by atoms with E-state index in [1.54, 1.807) is 30.5 Å². The predicted octanol–water partition coefficient (Wildman–Crippen LogP) is 4.55. The zero-order chi connectivity index (χ0) is 15.7. The molecule has 0 spiro atoms. The number of alkyl halides is 3. The summed E-state index contributed by atoms with van der Waals surface area (Å²) >= 11 is 0. The average molecular weight is 305 g/mol. The van der Waals surface area contributed by atoms with E-state index in [9.17, 15) is 18.0 Å². The summed E-state index contributed by atoms with van der Waals surface area (Å²) in [6.07, 6.45) is -2.41. The SMILES string of the molecule is O=Cc1c[nH]c2ccc(-c3cccc(OC(F)(F)F)c3)cc12. The van der Waals surface area contributed by atoms with Gasteiger partial charge in [-0.2, -0.15) is 0 Å². The first-order chi connectivity index (χ1) is 10.5. The number of H-pyrrole nitrogens is 1. The van der Waals surface area contributed by atoms with Gasteiger partial charge in [0.15, 0.2) is 6.29 Å². The highest BCUT2D eigenvalue weighted by Gasteiger charge is 2.31. The van der Waals surface area contributed by atoms with Crippen LogP contribution in [0.1, 0.15) is 10.4 Å². The molecule has 0 amide bonds. The molecule has 6 heteroatoms. The molecule has 0 aliphatic heterocycles. The standard InChI is InChI=1S/C16H10F3NO2/c17-16(18,19)22-13-3-1-2-10(6-13)11-4-5-15-14(7-11)12(9-21)8-20-15/h1-9,20H. The van der Waals surface area contributed by atoms with Gasteiger partial charge in [0.05, 0.1) is 0 Å². The molecule has 112 valence electrons. The topological polar surface area (TPSA) is 42.1 Å². The lowest BCUT2D eigenvalue weighted by Crippen LogP contribution is -2.17. The van der Waals surface area contributed by atoms with E-state index in [1.807, 2.05) is 0 Å². The molecule has 0 aliphatic carbocycles. The average Bonchev–Trinajstić information content (AvgIpc) is 2.88. The highest BCUT2D eigenvalue weighted by atomic mass is 19.4. The molecule has 0 bridgehead atoms. The number of hydrogen-bond donors (Lipinski definition) is 1. The first-order valence-electron chi connectivity index (χ1n) is 6.39.